The smallest absolute Gasteiger partial charge is 0.352 e. The van der Waals surface area contributed by atoms with Crippen LogP contribution in [0.4, 0.5) is 0 Å². The molecular formula is C50H83N17O11. The van der Waals surface area contributed by atoms with Crippen LogP contribution >= 0.6 is 0 Å². The largest absolute Gasteiger partial charge is 0.477 e. The highest BCUT2D eigenvalue weighted by Gasteiger charge is 2.63. The monoisotopic (exact) mass is 1100 g/mol. The Hall–Kier alpha value is -6.82. The van der Waals surface area contributed by atoms with Gasteiger partial charge in [0.25, 0.3) is 0 Å². The van der Waals surface area contributed by atoms with Gasteiger partial charge in [-0.3, -0.25) is 43.3 Å². The second-order valence-electron chi connectivity index (χ2n) is 20.2. The van der Waals surface area contributed by atoms with Gasteiger partial charge in [-0.25, -0.2) is 4.79 Å². The van der Waals surface area contributed by atoms with Gasteiger partial charge < -0.3 is 98.2 Å². The molecule has 1 heterocycles. The number of nitrogens with one attached hydrogen (secondary N) is 7. The number of hydrogen-bond donors (Lipinski definition) is 17. The molecule has 8 amide bonds. The van der Waals surface area contributed by atoms with Gasteiger partial charge in [0, 0.05) is 25.6 Å². The molecule has 1 aromatic rings. The summed E-state index contributed by atoms with van der Waals surface area (Å²) in [5.41, 5.74) is 43.9. The quantitative estimate of drug-likeness (QED) is 0.0132. The third-order valence-corrected chi connectivity index (χ3v) is 14.2. The Morgan fingerprint density at radius 3 is 2.14 bits per heavy atom. The van der Waals surface area contributed by atoms with Crippen LogP contribution in [0.2, 0.25) is 0 Å². The van der Waals surface area contributed by atoms with E-state index in [1.165, 1.54) is 11.0 Å². The van der Waals surface area contributed by atoms with Crippen molar-refractivity contribution in [2.24, 2.45) is 56.8 Å². The summed E-state index contributed by atoms with van der Waals surface area (Å²) in [6.07, 6.45) is 3.14. The first-order chi connectivity index (χ1) is 37.1. The van der Waals surface area contributed by atoms with E-state index in [2.05, 4.69) is 42.2 Å². The van der Waals surface area contributed by atoms with Gasteiger partial charge in [-0.15, -0.1) is 0 Å². The van der Waals surface area contributed by atoms with Crippen LogP contribution in [0.5, 0.6) is 0 Å². The molecule has 4 rings (SSSR count). The fourth-order valence-corrected chi connectivity index (χ4v) is 9.58. The minimum atomic E-state index is -1.61. The average molecular weight is 1100 g/mol. The lowest BCUT2D eigenvalue weighted by Gasteiger charge is -2.31. The van der Waals surface area contributed by atoms with E-state index in [0.717, 1.165) is 11.1 Å². The lowest BCUT2D eigenvalue weighted by molar-refractivity contribution is -0.142. The van der Waals surface area contributed by atoms with Crippen molar-refractivity contribution in [3.8, 4) is 0 Å². The van der Waals surface area contributed by atoms with Gasteiger partial charge in [-0.05, 0) is 128 Å². The maximum absolute atomic E-state index is 14.6. The summed E-state index contributed by atoms with van der Waals surface area (Å²) in [5, 5.41) is 38.6. The Balaban J connectivity index is 1.48. The molecule has 0 radical (unpaired) electrons. The van der Waals surface area contributed by atoms with Crippen LogP contribution in [0.25, 0.3) is 0 Å². The summed E-state index contributed by atoms with van der Waals surface area (Å²) in [7, 11) is 0. The van der Waals surface area contributed by atoms with Crippen molar-refractivity contribution >= 4 is 59.2 Å². The normalized spacial score (nSPS) is 22.3. The number of aliphatic carboxylic acids is 1. The second kappa shape index (κ2) is 30.4. The third kappa shape index (κ3) is 17.9. The number of hydrogen-bond acceptors (Lipinski definition) is 17. The number of unbranched alkanes of at least 4 members (excludes halogenated alkanes) is 1. The van der Waals surface area contributed by atoms with Gasteiger partial charge in [0.15, 0.2) is 5.96 Å². The van der Waals surface area contributed by atoms with Crippen LogP contribution in [-0.2, 0) is 43.2 Å². The van der Waals surface area contributed by atoms with E-state index in [4.69, 9.17) is 45.9 Å². The number of aliphatic hydroxyl groups is 1. The number of nitrogens with two attached hydrogens (primary N) is 8. The molecule has 2 unspecified atom stereocenters. The molecule has 2 saturated carbocycles. The van der Waals surface area contributed by atoms with Crippen molar-refractivity contribution < 1.29 is 53.4 Å². The van der Waals surface area contributed by atoms with Crippen LogP contribution in [-0.4, -0.2) is 174 Å². The molecule has 28 heteroatoms. The fourth-order valence-electron chi connectivity index (χ4n) is 9.58. The minimum absolute atomic E-state index is 0.0462. The third-order valence-electron chi connectivity index (χ3n) is 14.2. The first-order valence-electron chi connectivity index (χ1n) is 26.6. The number of carboxylic acid groups (broad SMARTS) is 1. The van der Waals surface area contributed by atoms with Crippen molar-refractivity contribution in [3.05, 3.63) is 47.2 Å². The SMILES string of the molecule is Cc1cccc([C@@H]2CC2(NC(=O)[C@@H]2CCCN2C(=O)[C@@H](CCCN)NC(=O)CNC(=O)[C@H](CCN)NC(=O)[C@@H](NC(=O)C2(N)C[C@@H]2CCCN)[C@@H](O)CN)C(=O)N[C@@H](CCCCN)C(=O)N/C(=C\CCN=C(N)N)C(=O)O)c1. The summed E-state index contributed by atoms with van der Waals surface area (Å²) in [4.78, 5) is 128. The van der Waals surface area contributed by atoms with Crippen LogP contribution in [0.1, 0.15) is 101 Å². The molecule has 25 N–H and O–H groups in total. The van der Waals surface area contributed by atoms with Gasteiger partial charge >= 0.3 is 5.97 Å². The number of benzene rings is 1. The number of nitrogens with zero attached hydrogens (tertiary/aromatic N) is 2. The minimum Gasteiger partial charge on any atom is -0.477 e. The van der Waals surface area contributed by atoms with Crippen molar-refractivity contribution in [2.75, 3.05) is 52.4 Å². The van der Waals surface area contributed by atoms with Gasteiger partial charge in [0.05, 0.1) is 18.2 Å². The molecule has 0 aromatic heterocycles. The standard InChI is InChI=1S/C50H83N17O11/c1-28-9-4-10-29(23-28)31-25-50(31,47(78)64-32(12-2-3-17-51)41(71)63-35(45(75)76)14-7-21-59-48(56)57)66-42(72)36-15-8-22-67(36)44(74)34(13-6-19-53)61-38(69)27-60-40(70)33(16-20-54)62-43(73)39(37(68)26-55)65-46(77)49(58)24-30(49)11-5-18-52/h4,9-10,14,23,30-34,36-37,39,68H,2-3,5-8,11-13,15-22,24-27,51-55,58H2,1H3,(H,60,70)(H,61,69)(H,62,73)(H,63,71)(H,64,78)(H,65,77)(H,66,72)(H,75,76)(H4,56,57,59)/b35-14-/t30-,31-,32-,33-,34+,36-,37-,39-,49?,50?/m0/s1. The maximum Gasteiger partial charge on any atom is 0.352 e. The van der Waals surface area contributed by atoms with Gasteiger partial charge in [-0.1, -0.05) is 35.9 Å². The number of carbonyl (C=O) groups excluding carboxylic acids is 8. The van der Waals surface area contributed by atoms with E-state index < -0.39 is 125 Å². The van der Waals surface area contributed by atoms with E-state index in [9.17, 15) is 53.4 Å². The number of aryl methyl sites for hydroxylation is 1. The average Bonchev–Trinajstić information content (AvgIpc) is 4.33. The highest BCUT2D eigenvalue weighted by atomic mass is 16.4. The highest BCUT2D eigenvalue weighted by Crippen LogP contribution is 2.52. The second-order valence-corrected chi connectivity index (χ2v) is 20.2. The lowest BCUT2D eigenvalue weighted by Crippen LogP contribution is -2.61. The zero-order valence-electron chi connectivity index (χ0n) is 44.4. The van der Waals surface area contributed by atoms with Crippen LogP contribution in [0.15, 0.2) is 41.0 Å². The maximum atomic E-state index is 14.6. The first-order valence-corrected chi connectivity index (χ1v) is 26.6. The molecule has 2 aliphatic carbocycles. The Bertz CT molecular complexity index is 2350. The molecule has 0 spiro atoms. The predicted molar refractivity (Wildman–Crippen MR) is 287 cm³/mol. The van der Waals surface area contributed by atoms with E-state index in [1.807, 2.05) is 19.1 Å². The topological polar surface area (TPSA) is 502 Å². The van der Waals surface area contributed by atoms with Gasteiger partial charge in [0.2, 0.25) is 47.3 Å². The lowest BCUT2D eigenvalue weighted by atomic mass is 10.0. The number of guanidine groups is 1. The number of rotatable bonds is 34. The van der Waals surface area contributed by atoms with Crippen molar-refractivity contribution in [1.29, 1.82) is 0 Å². The molecule has 3 fully saturated rings. The van der Waals surface area contributed by atoms with Crippen molar-refractivity contribution in [1.82, 2.24) is 42.1 Å². The van der Waals surface area contributed by atoms with Crippen LogP contribution < -0.4 is 83.1 Å². The molecule has 1 aliphatic heterocycles. The molecular weight excluding hydrogens is 1010 g/mol. The Morgan fingerprint density at radius 1 is 0.808 bits per heavy atom. The molecule has 0 bridgehead atoms. The number of likely N-dealkylation sites (tertiary alicyclic amines) is 1. The molecule has 78 heavy (non-hydrogen) atoms. The highest BCUT2D eigenvalue weighted by molar-refractivity contribution is 6.02. The summed E-state index contributed by atoms with van der Waals surface area (Å²) in [5.74, 6) is -8.52. The number of aliphatic hydroxyl groups excluding tert-OH is 1. The zero-order chi connectivity index (χ0) is 57.7. The van der Waals surface area contributed by atoms with Crippen molar-refractivity contribution in [2.45, 2.75) is 144 Å². The van der Waals surface area contributed by atoms with E-state index in [1.54, 1.807) is 12.1 Å². The summed E-state index contributed by atoms with van der Waals surface area (Å²) in [6.45, 7) is 1.65. The number of amides is 8. The molecule has 10 atom stereocenters. The summed E-state index contributed by atoms with van der Waals surface area (Å²) >= 11 is 0. The number of carboxylic acids is 1. The molecule has 1 aromatic carbocycles. The number of aliphatic imine (C=N–C) groups is 1. The van der Waals surface area contributed by atoms with Gasteiger partial charge in [0.1, 0.15) is 41.4 Å². The number of carbonyl (C=O) groups is 9. The van der Waals surface area contributed by atoms with Crippen molar-refractivity contribution in [3.63, 3.8) is 0 Å². The Labute approximate surface area is 453 Å². The van der Waals surface area contributed by atoms with Crippen LogP contribution in [0, 0.1) is 12.8 Å². The predicted octanol–water partition coefficient (Wildman–Crippen LogP) is -5.88. The van der Waals surface area contributed by atoms with E-state index in [0.29, 0.717) is 45.1 Å². The summed E-state index contributed by atoms with van der Waals surface area (Å²) < 4.78 is 0. The molecule has 3 aliphatic rings. The summed E-state index contributed by atoms with van der Waals surface area (Å²) in [6, 6.07) is 0.823. The van der Waals surface area contributed by atoms with E-state index in [-0.39, 0.29) is 89.5 Å². The van der Waals surface area contributed by atoms with Crippen LogP contribution in [0.3, 0.4) is 0 Å². The molecule has 434 valence electrons. The first kappa shape index (κ1) is 63.7. The van der Waals surface area contributed by atoms with E-state index >= 15 is 0 Å². The zero-order valence-corrected chi connectivity index (χ0v) is 44.4. The Kier molecular flexibility index (Phi) is 24.8. The fraction of sp³-hybridized carbons (Fsp3) is 0.640. The molecule has 1 saturated heterocycles. The van der Waals surface area contributed by atoms with Gasteiger partial charge in [-0.2, -0.15) is 0 Å². The Morgan fingerprint density at radius 2 is 1.50 bits per heavy atom. The molecule has 28 nitrogen and oxygen atoms in total.